The van der Waals surface area contributed by atoms with E-state index in [1.165, 1.54) is 0 Å². The number of ether oxygens (including phenoxy) is 1. The molecule has 1 aliphatic heterocycles. The molecule has 1 heterocycles. The lowest BCUT2D eigenvalue weighted by atomic mass is 10.1. The van der Waals surface area contributed by atoms with E-state index in [-0.39, 0.29) is 5.91 Å². The molecule has 2 aromatic rings. The average molecular weight is 282 g/mol. The van der Waals surface area contributed by atoms with Crippen molar-refractivity contribution in [3.63, 3.8) is 0 Å². The van der Waals surface area contributed by atoms with Crippen LogP contribution in [0.5, 0.6) is 5.75 Å². The Bertz CT molecular complexity index is 682. The molecule has 0 fully saturated rings. The van der Waals surface area contributed by atoms with Crippen LogP contribution in [-0.2, 0) is 6.54 Å². The lowest BCUT2D eigenvalue weighted by Gasteiger charge is -2.30. The molecule has 1 amide bonds. The molecule has 0 bridgehead atoms. The van der Waals surface area contributed by atoms with Crippen molar-refractivity contribution in [2.45, 2.75) is 13.5 Å². The minimum Gasteiger partial charge on any atom is -0.490 e. The Balaban J connectivity index is 1.99. The minimum atomic E-state index is 0.0122. The van der Waals surface area contributed by atoms with Crippen molar-refractivity contribution in [2.75, 3.05) is 18.1 Å². The third-order valence-electron chi connectivity index (χ3n) is 3.74. The topological polar surface area (TPSA) is 55.6 Å². The van der Waals surface area contributed by atoms with Crippen LogP contribution in [0, 0.1) is 6.92 Å². The fourth-order valence-corrected chi connectivity index (χ4v) is 2.56. The molecule has 4 nitrogen and oxygen atoms in total. The Kier molecular flexibility index (Phi) is 3.62. The van der Waals surface area contributed by atoms with Crippen LogP contribution in [0.4, 0.5) is 5.69 Å². The first-order valence-corrected chi connectivity index (χ1v) is 7.04. The summed E-state index contributed by atoms with van der Waals surface area (Å²) in [4.78, 5) is 14.6. The van der Waals surface area contributed by atoms with E-state index < -0.39 is 0 Å². The highest BCUT2D eigenvalue weighted by atomic mass is 16.5. The summed E-state index contributed by atoms with van der Waals surface area (Å²) < 4.78 is 5.66. The van der Waals surface area contributed by atoms with Crippen LogP contribution in [0.15, 0.2) is 42.5 Å². The quantitative estimate of drug-likeness (QED) is 0.920. The first kappa shape index (κ1) is 13.6. The number of benzene rings is 2. The van der Waals surface area contributed by atoms with E-state index in [1.807, 2.05) is 49.4 Å². The van der Waals surface area contributed by atoms with Crippen molar-refractivity contribution in [1.82, 2.24) is 0 Å². The minimum absolute atomic E-state index is 0.0122. The third kappa shape index (κ3) is 2.50. The van der Waals surface area contributed by atoms with Crippen LogP contribution in [0.3, 0.4) is 0 Å². The van der Waals surface area contributed by atoms with Crippen molar-refractivity contribution in [1.29, 1.82) is 0 Å². The normalized spacial score (nSPS) is 13.5. The van der Waals surface area contributed by atoms with Gasteiger partial charge in [0.1, 0.15) is 12.4 Å². The first-order valence-electron chi connectivity index (χ1n) is 7.04. The van der Waals surface area contributed by atoms with Gasteiger partial charge in [-0.3, -0.25) is 4.79 Å². The predicted octanol–water partition coefficient (Wildman–Crippen LogP) is 2.49. The smallest absolute Gasteiger partial charge is 0.258 e. The second-order valence-corrected chi connectivity index (χ2v) is 5.13. The maximum absolute atomic E-state index is 12.8. The van der Waals surface area contributed by atoms with Gasteiger partial charge in [-0.15, -0.1) is 0 Å². The lowest BCUT2D eigenvalue weighted by molar-refractivity contribution is 0.0976. The summed E-state index contributed by atoms with van der Waals surface area (Å²) in [6.07, 6.45) is 0. The fourth-order valence-electron chi connectivity index (χ4n) is 2.56. The van der Waals surface area contributed by atoms with Crippen molar-refractivity contribution in [3.8, 4) is 5.75 Å². The van der Waals surface area contributed by atoms with Gasteiger partial charge in [0.15, 0.2) is 0 Å². The summed E-state index contributed by atoms with van der Waals surface area (Å²) in [5, 5.41) is 0. The third-order valence-corrected chi connectivity index (χ3v) is 3.74. The molecule has 0 atom stereocenters. The number of rotatable bonds is 2. The molecule has 0 saturated heterocycles. The van der Waals surface area contributed by atoms with Crippen LogP contribution in [0.1, 0.15) is 21.5 Å². The second-order valence-electron chi connectivity index (χ2n) is 5.13. The van der Waals surface area contributed by atoms with Crippen molar-refractivity contribution < 1.29 is 9.53 Å². The Morgan fingerprint density at radius 1 is 1.29 bits per heavy atom. The second kappa shape index (κ2) is 5.58. The summed E-state index contributed by atoms with van der Waals surface area (Å²) in [5.41, 5.74) is 9.17. The number of anilines is 1. The molecule has 0 spiro atoms. The maximum Gasteiger partial charge on any atom is 0.258 e. The van der Waals surface area contributed by atoms with Gasteiger partial charge >= 0.3 is 0 Å². The number of hydrogen-bond donors (Lipinski definition) is 1. The van der Waals surface area contributed by atoms with E-state index >= 15 is 0 Å². The van der Waals surface area contributed by atoms with Gasteiger partial charge < -0.3 is 15.4 Å². The number of amides is 1. The van der Waals surface area contributed by atoms with Crippen LogP contribution < -0.4 is 15.4 Å². The highest BCUT2D eigenvalue weighted by molar-refractivity contribution is 6.08. The van der Waals surface area contributed by atoms with Gasteiger partial charge in [-0.1, -0.05) is 24.3 Å². The Morgan fingerprint density at radius 2 is 2.10 bits per heavy atom. The zero-order valence-corrected chi connectivity index (χ0v) is 12.0. The molecule has 0 aliphatic carbocycles. The highest BCUT2D eigenvalue weighted by Crippen LogP contribution is 2.33. The molecule has 0 radical (unpaired) electrons. The van der Waals surface area contributed by atoms with Crippen LogP contribution in [-0.4, -0.2) is 19.1 Å². The molecule has 21 heavy (non-hydrogen) atoms. The van der Waals surface area contributed by atoms with E-state index in [4.69, 9.17) is 10.5 Å². The summed E-state index contributed by atoms with van der Waals surface area (Å²) in [6, 6.07) is 13.4. The zero-order chi connectivity index (χ0) is 14.8. The van der Waals surface area contributed by atoms with Crippen LogP contribution in [0.2, 0.25) is 0 Å². The molecule has 0 saturated carbocycles. The van der Waals surface area contributed by atoms with Crippen LogP contribution >= 0.6 is 0 Å². The summed E-state index contributed by atoms with van der Waals surface area (Å²) >= 11 is 0. The standard InChI is InChI=1S/C17H18N2O2/c1-12-4-2-3-5-14(12)17(20)19-8-9-21-16-10-13(11-18)6-7-15(16)19/h2-7,10H,8-9,11,18H2,1H3. The Morgan fingerprint density at radius 3 is 2.86 bits per heavy atom. The molecule has 0 unspecified atom stereocenters. The molecule has 2 aromatic carbocycles. The number of carbonyl (C=O) groups excluding carboxylic acids is 1. The fraction of sp³-hybridized carbons (Fsp3) is 0.235. The molecule has 2 N–H and O–H groups in total. The van der Waals surface area contributed by atoms with Gasteiger partial charge in [-0.25, -0.2) is 0 Å². The van der Waals surface area contributed by atoms with Gasteiger partial charge in [0.2, 0.25) is 0 Å². The van der Waals surface area contributed by atoms with Crippen molar-refractivity contribution in [3.05, 3.63) is 59.2 Å². The molecule has 108 valence electrons. The van der Waals surface area contributed by atoms with Gasteiger partial charge in [0, 0.05) is 12.1 Å². The number of aryl methyl sites for hydroxylation is 1. The molecule has 1 aliphatic rings. The monoisotopic (exact) mass is 282 g/mol. The van der Waals surface area contributed by atoms with E-state index in [0.717, 1.165) is 28.1 Å². The zero-order valence-electron chi connectivity index (χ0n) is 12.0. The molecule has 4 heteroatoms. The predicted molar refractivity (Wildman–Crippen MR) is 82.7 cm³/mol. The maximum atomic E-state index is 12.8. The van der Waals surface area contributed by atoms with E-state index in [2.05, 4.69) is 0 Å². The summed E-state index contributed by atoms with van der Waals surface area (Å²) in [6.45, 7) is 3.47. The Labute approximate surface area is 124 Å². The number of nitrogens with zero attached hydrogens (tertiary/aromatic N) is 1. The van der Waals surface area contributed by atoms with Crippen molar-refractivity contribution >= 4 is 11.6 Å². The van der Waals surface area contributed by atoms with Crippen LogP contribution in [0.25, 0.3) is 0 Å². The highest BCUT2D eigenvalue weighted by Gasteiger charge is 2.25. The molecule has 0 aromatic heterocycles. The number of fused-ring (bicyclic) bond motifs is 1. The van der Waals surface area contributed by atoms with Gasteiger partial charge in [-0.05, 0) is 36.2 Å². The summed E-state index contributed by atoms with van der Waals surface area (Å²) in [7, 11) is 0. The first-order chi connectivity index (χ1) is 10.2. The van der Waals surface area contributed by atoms with Crippen molar-refractivity contribution in [2.24, 2.45) is 5.73 Å². The van der Waals surface area contributed by atoms with E-state index in [1.54, 1.807) is 4.90 Å². The number of nitrogens with two attached hydrogens (primary N) is 1. The molecular formula is C17H18N2O2. The van der Waals surface area contributed by atoms with E-state index in [9.17, 15) is 4.79 Å². The lowest BCUT2D eigenvalue weighted by Crippen LogP contribution is -2.38. The summed E-state index contributed by atoms with van der Waals surface area (Å²) in [5.74, 6) is 0.740. The largest absolute Gasteiger partial charge is 0.490 e. The number of carbonyl (C=O) groups is 1. The van der Waals surface area contributed by atoms with Gasteiger partial charge in [0.05, 0.1) is 12.2 Å². The SMILES string of the molecule is Cc1ccccc1C(=O)N1CCOc2cc(CN)ccc21. The number of hydrogen-bond acceptors (Lipinski definition) is 3. The average Bonchev–Trinajstić information content (AvgIpc) is 2.53. The molecule has 3 rings (SSSR count). The van der Waals surface area contributed by atoms with Gasteiger partial charge in [0.25, 0.3) is 5.91 Å². The van der Waals surface area contributed by atoms with E-state index in [0.29, 0.717) is 19.7 Å². The molecular weight excluding hydrogens is 264 g/mol. The van der Waals surface area contributed by atoms with Gasteiger partial charge in [-0.2, -0.15) is 0 Å². The Hall–Kier alpha value is -2.33.